The van der Waals surface area contributed by atoms with Crippen LogP contribution in [0.15, 0.2) is 18.2 Å². The molecule has 1 aromatic carbocycles. The van der Waals surface area contributed by atoms with Crippen molar-refractivity contribution in [3.8, 4) is 6.07 Å². The average molecular weight is 190 g/mol. The van der Waals surface area contributed by atoms with E-state index in [9.17, 15) is 4.39 Å². The van der Waals surface area contributed by atoms with Gasteiger partial charge in [0.05, 0.1) is 5.56 Å². The second-order valence-corrected chi connectivity index (χ2v) is 3.79. The van der Waals surface area contributed by atoms with E-state index >= 15 is 0 Å². The van der Waals surface area contributed by atoms with Gasteiger partial charge in [0.2, 0.25) is 0 Å². The summed E-state index contributed by atoms with van der Waals surface area (Å²) in [5.74, 6) is 0.260. The summed E-state index contributed by atoms with van der Waals surface area (Å²) in [5, 5.41) is 8.66. The highest BCUT2D eigenvalue weighted by Crippen LogP contribution is 2.25. The molecule has 2 rings (SSSR count). The second-order valence-electron chi connectivity index (χ2n) is 3.79. The number of anilines is 1. The SMILES string of the molecule is CC1CN(c2ccc(F)c(C#N)c2)C1. The third kappa shape index (κ3) is 1.44. The highest BCUT2D eigenvalue weighted by molar-refractivity contribution is 5.53. The van der Waals surface area contributed by atoms with Crippen LogP contribution in [0, 0.1) is 23.1 Å². The second kappa shape index (κ2) is 3.30. The summed E-state index contributed by atoms with van der Waals surface area (Å²) >= 11 is 0. The zero-order valence-electron chi connectivity index (χ0n) is 8.00. The topological polar surface area (TPSA) is 27.0 Å². The molecule has 0 bridgehead atoms. The fourth-order valence-corrected chi connectivity index (χ4v) is 1.71. The van der Waals surface area contributed by atoms with Crippen LogP contribution in [0.3, 0.4) is 0 Å². The van der Waals surface area contributed by atoms with Gasteiger partial charge in [0, 0.05) is 18.8 Å². The minimum atomic E-state index is -0.440. The molecule has 2 nitrogen and oxygen atoms in total. The zero-order valence-corrected chi connectivity index (χ0v) is 8.00. The first-order chi connectivity index (χ1) is 6.70. The Morgan fingerprint density at radius 2 is 2.21 bits per heavy atom. The molecule has 0 aromatic heterocycles. The predicted octanol–water partition coefficient (Wildman–Crippen LogP) is 2.15. The normalized spacial score (nSPS) is 16.2. The predicted molar refractivity (Wildman–Crippen MR) is 52.5 cm³/mol. The van der Waals surface area contributed by atoms with Gasteiger partial charge in [-0.15, -0.1) is 0 Å². The molecular formula is C11H11FN2. The number of halogens is 1. The van der Waals surface area contributed by atoms with E-state index in [4.69, 9.17) is 5.26 Å². The summed E-state index contributed by atoms with van der Waals surface area (Å²) in [6, 6.07) is 6.54. The van der Waals surface area contributed by atoms with Gasteiger partial charge in [0.25, 0.3) is 0 Å². The fourth-order valence-electron chi connectivity index (χ4n) is 1.71. The number of hydrogen-bond acceptors (Lipinski definition) is 2. The van der Waals surface area contributed by atoms with E-state index < -0.39 is 5.82 Å². The molecule has 1 saturated heterocycles. The van der Waals surface area contributed by atoms with Crippen LogP contribution in [0.1, 0.15) is 12.5 Å². The van der Waals surface area contributed by atoms with Crippen LogP contribution in [0.5, 0.6) is 0 Å². The van der Waals surface area contributed by atoms with Crippen LogP contribution in [0.2, 0.25) is 0 Å². The van der Waals surface area contributed by atoms with Crippen molar-refractivity contribution in [3.63, 3.8) is 0 Å². The first-order valence-electron chi connectivity index (χ1n) is 4.65. The Balaban J connectivity index is 2.24. The molecule has 1 aromatic rings. The summed E-state index contributed by atoms with van der Waals surface area (Å²) in [6.45, 7) is 4.16. The van der Waals surface area contributed by atoms with Gasteiger partial charge >= 0.3 is 0 Å². The summed E-state index contributed by atoms with van der Waals surface area (Å²) in [7, 11) is 0. The Hall–Kier alpha value is -1.56. The van der Waals surface area contributed by atoms with Crippen molar-refractivity contribution in [2.75, 3.05) is 18.0 Å². The van der Waals surface area contributed by atoms with Crippen LogP contribution < -0.4 is 4.90 Å². The first kappa shape index (κ1) is 9.01. The molecule has 3 heteroatoms. The molecule has 1 aliphatic rings. The van der Waals surface area contributed by atoms with Crippen molar-refractivity contribution in [1.82, 2.24) is 0 Å². The van der Waals surface area contributed by atoms with E-state index in [1.807, 2.05) is 6.07 Å². The van der Waals surface area contributed by atoms with Gasteiger partial charge in [-0.25, -0.2) is 4.39 Å². The van der Waals surface area contributed by atoms with E-state index in [2.05, 4.69) is 11.8 Å². The van der Waals surface area contributed by atoms with Crippen LogP contribution in [-0.4, -0.2) is 13.1 Å². The highest BCUT2D eigenvalue weighted by atomic mass is 19.1. The van der Waals surface area contributed by atoms with E-state index in [1.54, 1.807) is 12.1 Å². The molecule has 0 radical (unpaired) electrons. The molecule has 0 aliphatic carbocycles. The molecule has 0 spiro atoms. The van der Waals surface area contributed by atoms with Crippen molar-refractivity contribution in [2.24, 2.45) is 5.92 Å². The molecular weight excluding hydrogens is 179 g/mol. The lowest BCUT2D eigenvalue weighted by atomic mass is 10.0. The monoisotopic (exact) mass is 190 g/mol. The maximum absolute atomic E-state index is 13.0. The lowest BCUT2D eigenvalue weighted by Gasteiger charge is -2.39. The highest BCUT2D eigenvalue weighted by Gasteiger charge is 2.23. The largest absolute Gasteiger partial charge is 0.371 e. The molecule has 0 N–H and O–H groups in total. The Labute approximate surface area is 82.6 Å². The molecule has 1 heterocycles. The maximum Gasteiger partial charge on any atom is 0.141 e. The van der Waals surface area contributed by atoms with E-state index in [-0.39, 0.29) is 5.56 Å². The molecule has 0 atom stereocenters. The van der Waals surface area contributed by atoms with Crippen molar-refractivity contribution in [3.05, 3.63) is 29.6 Å². The Morgan fingerprint density at radius 3 is 2.79 bits per heavy atom. The molecule has 1 aliphatic heterocycles. The number of hydrogen-bond donors (Lipinski definition) is 0. The summed E-state index contributed by atoms with van der Waals surface area (Å²) in [6.07, 6.45) is 0. The lowest BCUT2D eigenvalue weighted by Crippen LogP contribution is -2.45. The third-order valence-electron chi connectivity index (χ3n) is 2.50. The standard InChI is InChI=1S/C11H11FN2/c1-8-6-14(7-8)10-2-3-11(12)9(4-10)5-13/h2-4,8H,6-7H2,1H3. The smallest absolute Gasteiger partial charge is 0.141 e. The third-order valence-corrected chi connectivity index (χ3v) is 2.50. The number of nitriles is 1. The van der Waals surface area contributed by atoms with Gasteiger partial charge in [-0.05, 0) is 24.1 Å². The van der Waals surface area contributed by atoms with Crippen molar-refractivity contribution < 1.29 is 4.39 Å². The van der Waals surface area contributed by atoms with Crippen LogP contribution in [0.25, 0.3) is 0 Å². The van der Waals surface area contributed by atoms with E-state index in [0.29, 0.717) is 5.92 Å². The number of benzene rings is 1. The summed E-state index contributed by atoms with van der Waals surface area (Å²) in [5.41, 5.74) is 1.07. The van der Waals surface area contributed by atoms with Crippen molar-refractivity contribution >= 4 is 5.69 Å². The molecule has 14 heavy (non-hydrogen) atoms. The molecule has 72 valence electrons. The van der Waals surface area contributed by atoms with Gasteiger partial charge in [-0.2, -0.15) is 5.26 Å². The molecule has 0 amide bonds. The summed E-state index contributed by atoms with van der Waals surface area (Å²) in [4.78, 5) is 2.14. The van der Waals surface area contributed by atoms with Crippen LogP contribution in [0.4, 0.5) is 10.1 Å². The minimum Gasteiger partial charge on any atom is -0.371 e. The Bertz CT molecular complexity index is 389. The zero-order chi connectivity index (χ0) is 10.1. The number of rotatable bonds is 1. The maximum atomic E-state index is 13.0. The van der Waals surface area contributed by atoms with Gasteiger partial charge < -0.3 is 4.90 Å². The average Bonchev–Trinajstić information content (AvgIpc) is 2.14. The van der Waals surface area contributed by atoms with E-state index in [0.717, 1.165) is 18.8 Å². The molecule has 0 unspecified atom stereocenters. The first-order valence-corrected chi connectivity index (χ1v) is 4.65. The van der Waals surface area contributed by atoms with Crippen LogP contribution >= 0.6 is 0 Å². The Morgan fingerprint density at radius 1 is 1.50 bits per heavy atom. The Kier molecular flexibility index (Phi) is 2.12. The van der Waals surface area contributed by atoms with Gasteiger partial charge in [0.15, 0.2) is 0 Å². The minimum absolute atomic E-state index is 0.127. The van der Waals surface area contributed by atoms with Crippen LogP contribution in [-0.2, 0) is 0 Å². The van der Waals surface area contributed by atoms with Crippen molar-refractivity contribution in [2.45, 2.75) is 6.92 Å². The quantitative estimate of drug-likeness (QED) is 0.678. The molecule has 1 fully saturated rings. The van der Waals surface area contributed by atoms with Gasteiger partial charge in [-0.1, -0.05) is 6.92 Å². The number of nitrogens with zero attached hydrogens (tertiary/aromatic N) is 2. The lowest BCUT2D eigenvalue weighted by molar-refractivity contribution is 0.447. The van der Waals surface area contributed by atoms with Crippen molar-refractivity contribution in [1.29, 1.82) is 5.26 Å². The van der Waals surface area contributed by atoms with Gasteiger partial charge in [0.1, 0.15) is 11.9 Å². The van der Waals surface area contributed by atoms with E-state index in [1.165, 1.54) is 6.07 Å². The molecule has 0 saturated carbocycles. The fraction of sp³-hybridized carbons (Fsp3) is 0.364. The summed E-state index contributed by atoms with van der Waals surface area (Å²) < 4.78 is 13.0. The van der Waals surface area contributed by atoms with Gasteiger partial charge in [-0.3, -0.25) is 0 Å².